The molecule has 0 aromatic heterocycles. The molecule has 1 fully saturated rings. The SMILES string of the molecule is CN(C=N)C(=N)C1CCN(c2c(Br)cccc2C#N)CC1. The van der Waals surface area contributed by atoms with Crippen LogP contribution < -0.4 is 4.90 Å². The Morgan fingerprint density at radius 3 is 2.71 bits per heavy atom. The van der Waals surface area contributed by atoms with E-state index in [2.05, 4.69) is 26.9 Å². The summed E-state index contributed by atoms with van der Waals surface area (Å²) in [6.45, 7) is 1.63. The van der Waals surface area contributed by atoms with Crippen molar-refractivity contribution in [1.29, 1.82) is 16.1 Å². The second-order valence-corrected chi connectivity index (χ2v) is 5.99. The Morgan fingerprint density at radius 2 is 2.14 bits per heavy atom. The van der Waals surface area contributed by atoms with Gasteiger partial charge >= 0.3 is 0 Å². The lowest BCUT2D eigenvalue weighted by molar-refractivity contribution is 0.472. The van der Waals surface area contributed by atoms with E-state index in [1.807, 2.05) is 18.2 Å². The van der Waals surface area contributed by atoms with Crippen LogP contribution in [-0.2, 0) is 0 Å². The maximum Gasteiger partial charge on any atom is 0.104 e. The molecule has 2 rings (SSSR count). The maximum atomic E-state index is 9.26. The summed E-state index contributed by atoms with van der Waals surface area (Å²) in [5.74, 6) is 0.679. The first-order valence-electron chi connectivity index (χ1n) is 6.84. The molecule has 0 radical (unpaired) electrons. The Bertz CT molecular complexity index is 584. The summed E-state index contributed by atoms with van der Waals surface area (Å²) < 4.78 is 0.937. The van der Waals surface area contributed by atoms with Crippen molar-refractivity contribution in [1.82, 2.24) is 4.90 Å². The van der Waals surface area contributed by atoms with Crippen LogP contribution >= 0.6 is 15.9 Å². The van der Waals surface area contributed by atoms with Gasteiger partial charge in [0.15, 0.2) is 0 Å². The molecule has 0 unspecified atom stereocenters. The first kappa shape index (κ1) is 15.5. The molecule has 1 aromatic carbocycles. The number of nitrogens with one attached hydrogen (secondary N) is 2. The van der Waals surface area contributed by atoms with Crippen molar-refractivity contribution in [3.63, 3.8) is 0 Å². The van der Waals surface area contributed by atoms with Gasteiger partial charge in [0.2, 0.25) is 0 Å². The van der Waals surface area contributed by atoms with E-state index in [0.29, 0.717) is 11.4 Å². The number of nitrogens with zero attached hydrogens (tertiary/aromatic N) is 3. The second-order valence-electron chi connectivity index (χ2n) is 5.13. The number of benzene rings is 1. The molecule has 1 heterocycles. The van der Waals surface area contributed by atoms with E-state index < -0.39 is 0 Å². The molecule has 2 N–H and O–H groups in total. The average Bonchev–Trinajstić information content (AvgIpc) is 2.53. The quantitative estimate of drug-likeness (QED) is 0.651. The first-order chi connectivity index (χ1) is 10.1. The predicted octanol–water partition coefficient (Wildman–Crippen LogP) is 3.05. The number of hydrogen-bond acceptors (Lipinski definition) is 4. The average molecular weight is 348 g/mol. The fourth-order valence-electron chi connectivity index (χ4n) is 2.66. The summed E-state index contributed by atoms with van der Waals surface area (Å²) in [4.78, 5) is 3.76. The Morgan fingerprint density at radius 1 is 1.48 bits per heavy atom. The van der Waals surface area contributed by atoms with E-state index in [0.717, 1.165) is 36.1 Å². The molecule has 0 aliphatic carbocycles. The zero-order valence-corrected chi connectivity index (χ0v) is 13.5. The van der Waals surface area contributed by atoms with E-state index in [4.69, 9.17) is 10.8 Å². The Hall–Kier alpha value is -1.87. The minimum absolute atomic E-state index is 0.181. The number of hydrogen-bond donors (Lipinski definition) is 2. The minimum Gasteiger partial charge on any atom is -0.370 e. The molecule has 0 amide bonds. The van der Waals surface area contributed by atoms with Gasteiger partial charge in [0.05, 0.1) is 17.6 Å². The van der Waals surface area contributed by atoms with Crippen molar-refractivity contribution in [2.24, 2.45) is 5.92 Å². The van der Waals surface area contributed by atoms with Crippen LogP contribution in [0.3, 0.4) is 0 Å². The van der Waals surface area contributed by atoms with Gasteiger partial charge in [0, 0.05) is 30.5 Å². The monoisotopic (exact) mass is 347 g/mol. The number of anilines is 1. The Labute approximate surface area is 133 Å². The van der Waals surface area contributed by atoms with Gasteiger partial charge in [-0.1, -0.05) is 6.07 Å². The van der Waals surface area contributed by atoms with E-state index >= 15 is 0 Å². The molecular formula is C15H18BrN5. The van der Waals surface area contributed by atoms with Crippen LogP contribution in [0.4, 0.5) is 5.69 Å². The second kappa shape index (κ2) is 6.72. The van der Waals surface area contributed by atoms with E-state index in [1.54, 1.807) is 11.9 Å². The fourth-order valence-corrected chi connectivity index (χ4v) is 3.28. The van der Waals surface area contributed by atoms with Crippen molar-refractivity contribution in [2.75, 3.05) is 25.0 Å². The van der Waals surface area contributed by atoms with Crippen LogP contribution in [0.15, 0.2) is 22.7 Å². The molecule has 110 valence electrons. The van der Waals surface area contributed by atoms with Gasteiger partial charge in [-0.05, 0) is 40.9 Å². The van der Waals surface area contributed by atoms with E-state index in [1.165, 1.54) is 6.34 Å². The van der Waals surface area contributed by atoms with Crippen LogP contribution in [0.1, 0.15) is 18.4 Å². The summed E-state index contributed by atoms with van der Waals surface area (Å²) in [5, 5.41) is 24.6. The lowest BCUT2D eigenvalue weighted by Crippen LogP contribution is -2.40. The van der Waals surface area contributed by atoms with Crippen LogP contribution in [0.2, 0.25) is 0 Å². The number of para-hydroxylation sites is 1. The highest BCUT2D eigenvalue weighted by Crippen LogP contribution is 2.33. The van der Waals surface area contributed by atoms with Crippen LogP contribution in [-0.4, -0.2) is 37.2 Å². The number of nitriles is 1. The fraction of sp³-hybridized carbons (Fsp3) is 0.400. The summed E-state index contributed by atoms with van der Waals surface area (Å²) in [6, 6.07) is 7.89. The zero-order chi connectivity index (χ0) is 15.4. The minimum atomic E-state index is 0.181. The summed E-state index contributed by atoms with van der Waals surface area (Å²) >= 11 is 3.53. The van der Waals surface area contributed by atoms with Gasteiger partial charge in [0.1, 0.15) is 11.9 Å². The third-order valence-electron chi connectivity index (χ3n) is 3.88. The molecule has 6 heteroatoms. The lowest BCUT2D eigenvalue weighted by Gasteiger charge is -2.35. The van der Waals surface area contributed by atoms with Crippen molar-refractivity contribution < 1.29 is 0 Å². The van der Waals surface area contributed by atoms with Crippen molar-refractivity contribution in [2.45, 2.75) is 12.8 Å². The molecule has 0 atom stereocenters. The van der Waals surface area contributed by atoms with Crippen LogP contribution in [0.5, 0.6) is 0 Å². The van der Waals surface area contributed by atoms with Crippen molar-refractivity contribution >= 4 is 33.8 Å². The molecule has 0 bridgehead atoms. The molecule has 0 saturated carbocycles. The predicted molar refractivity (Wildman–Crippen MR) is 88.1 cm³/mol. The molecular weight excluding hydrogens is 330 g/mol. The maximum absolute atomic E-state index is 9.26. The van der Waals surface area contributed by atoms with Gasteiger partial charge in [-0.25, -0.2) is 0 Å². The number of halogens is 1. The Kier molecular flexibility index (Phi) is 4.97. The summed E-state index contributed by atoms with van der Waals surface area (Å²) in [7, 11) is 1.74. The third kappa shape index (κ3) is 3.24. The van der Waals surface area contributed by atoms with Gasteiger partial charge in [0.25, 0.3) is 0 Å². The molecule has 1 aliphatic heterocycles. The molecule has 0 spiro atoms. The zero-order valence-electron chi connectivity index (χ0n) is 11.9. The topological polar surface area (TPSA) is 78.0 Å². The Balaban J connectivity index is 2.10. The largest absolute Gasteiger partial charge is 0.370 e. The highest BCUT2D eigenvalue weighted by Gasteiger charge is 2.26. The van der Waals surface area contributed by atoms with Crippen LogP contribution in [0, 0.1) is 28.1 Å². The third-order valence-corrected chi connectivity index (χ3v) is 4.52. The van der Waals surface area contributed by atoms with Gasteiger partial charge in [-0.3, -0.25) is 10.8 Å². The first-order valence-corrected chi connectivity index (χ1v) is 7.63. The van der Waals surface area contributed by atoms with E-state index in [-0.39, 0.29) is 5.92 Å². The normalized spacial score (nSPS) is 15.4. The van der Waals surface area contributed by atoms with Gasteiger partial charge in [-0.15, -0.1) is 0 Å². The van der Waals surface area contributed by atoms with Gasteiger partial charge < -0.3 is 9.80 Å². The van der Waals surface area contributed by atoms with Crippen molar-refractivity contribution in [3.8, 4) is 6.07 Å². The number of amidine groups is 1. The summed E-state index contributed by atoms with van der Waals surface area (Å²) in [5.41, 5.74) is 1.62. The number of rotatable bonds is 3. The van der Waals surface area contributed by atoms with Crippen LogP contribution in [0.25, 0.3) is 0 Å². The van der Waals surface area contributed by atoms with E-state index in [9.17, 15) is 5.26 Å². The highest BCUT2D eigenvalue weighted by molar-refractivity contribution is 9.10. The molecule has 1 aromatic rings. The van der Waals surface area contributed by atoms with Gasteiger partial charge in [-0.2, -0.15) is 5.26 Å². The highest BCUT2D eigenvalue weighted by atomic mass is 79.9. The van der Waals surface area contributed by atoms with Crippen molar-refractivity contribution in [3.05, 3.63) is 28.2 Å². The molecule has 1 aliphatic rings. The molecule has 1 saturated heterocycles. The smallest absolute Gasteiger partial charge is 0.104 e. The number of piperidine rings is 1. The molecule has 5 nitrogen and oxygen atoms in total. The molecule has 21 heavy (non-hydrogen) atoms. The standard InChI is InChI=1S/C15H18BrN5/c1-20(10-18)15(19)11-5-7-21(8-6-11)14-12(9-17)3-2-4-13(14)16/h2-4,10-11,18-19H,5-8H2,1H3. The summed E-state index contributed by atoms with van der Waals surface area (Å²) in [6.07, 6.45) is 2.91. The lowest BCUT2D eigenvalue weighted by atomic mass is 9.94.